The first-order chi connectivity index (χ1) is 10.1. The summed E-state index contributed by atoms with van der Waals surface area (Å²) in [6, 6.07) is 12.0. The summed E-state index contributed by atoms with van der Waals surface area (Å²) in [5, 5.41) is 1.90. The van der Waals surface area contributed by atoms with Gasteiger partial charge >= 0.3 is 0 Å². The lowest BCUT2D eigenvalue weighted by molar-refractivity contribution is 0.0732. The van der Waals surface area contributed by atoms with Crippen LogP contribution in [0.2, 0.25) is 0 Å². The lowest BCUT2D eigenvalue weighted by Crippen LogP contribution is -2.36. The molecular weight excluding hydrogens is 348 g/mol. The SMILES string of the molecule is CN(C)CCN(Cc1ccccc1)C(=O)c1csc(Br)c1. The van der Waals surface area contributed by atoms with Gasteiger partial charge in [-0.25, -0.2) is 0 Å². The van der Waals surface area contributed by atoms with Crippen LogP contribution in [0.15, 0.2) is 45.6 Å². The first-order valence-corrected chi connectivity index (χ1v) is 8.45. The lowest BCUT2D eigenvalue weighted by atomic mass is 10.2. The number of hydrogen-bond acceptors (Lipinski definition) is 3. The van der Waals surface area contributed by atoms with Gasteiger partial charge in [-0.05, 0) is 41.7 Å². The average Bonchev–Trinajstić information content (AvgIpc) is 2.90. The molecule has 0 bridgehead atoms. The molecule has 1 heterocycles. The van der Waals surface area contributed by atoms with E-state index in [2.05, 4.69) is 33.0 Å². The first-order valence-electron chi connectivity index (χ1n) is 6.78. The van der Waals surface area contributed by atoms with Crippen molar-refractivity contribution < 1.29 is 4.79 Å². The van der Waals surface area contributed by atoms with Crippen LogP contribution in [0.1, 0.15) is 15.9 Å². The van der Waals surface area contributed by atoms with Gasteiger partial charge < -0.3 is 9.80 Å². The fourth-order valence-corrected chi connectivity index (χ4v) is 3.11. The number of likely N-dealkylation sites (N-methyl/N-ethyl adjacent to an activating group) is 1. The van der Waals surface area contributed by atoms with Crippen molar-refractivity contribution in [3.05, 3.63) is 56.7 Å². The molecule has 0 unspecified atom stereocenters. The van der Waals surface area contributed by atoms with Crippen molar-refractivity contribution in [1.29, 1.82) is 0 Å². The number of hydrogen-bond donors (Lipinski definition) is 0. The van der Waals surface area contributed by atoms with Crippen molar-refractivity contribution in [3.63, 3.8) is 0 Å². The largest absolute Gasteiger partial charge is 0.333 e. The van der Waals surface area contributed by atoms with Gasteiger partial charge in [-0.3, -0.25) is 4.79 Å². The quantitative estimate of drug-likeness (QED) is 0.777. The first kappa shape index (κ1) is 16.2. The van der Waals surface area contributed by atoms with Crippen molar-refractivity contribution in [1.82, 2.24) is 9.80 Å². The topological polar surface area (TPSA) is 23.6 Å². The van der Waals surface area contributed by atoms with Crippen molar-refractivity contribution >= 4 is 33.2 Å². The van der Waals surface area contributed by atoms with E-state index in [0.717, 1.165) is 21.5 Å². The second-order valence-corrected chi connectivity index (χ2v) is 7.45. The fourth-order valence-electron chi connectivity index (χ4n) is 1.98. The Bertz CT molecular complexity index is 583. The van der Waals surface area contributed by atoms with Crippen LogP contribution in [0, 0.1) is 0 Å². The second kappa shape index (κ2) is 7.73. The molecule has 112 valence electrons. The zero-order valence-corrected chi connectivity index (χ0v) is 14.7. The number of carbonyl (C=O) groups excluding carboxylic acids is 1. The Labute approximate surface area is 138 Å². The Morgan fingerprint density at radius 3 is 2.48 bits per heavy atom. The summed E-state index contributed by atoms with van der Waals surface area (Å²) in [6.07, 6.45) is 0. The second-order valence-electron chi connectivity index (χ2n) is 5.16. The Morgan fingerprint density at radius 1 is 1.19 bits per heavy atom. The van der Waals surface area contributed by atoms with Crippen LogP contribution in [0.5, 0.6) is 0 Å². The highest BCUT2D eigenvalue weighted by Crippen LogP contribution is 2.22. The summed E-state index contributed by atoms with van der Waals surface area (Å²) in [4.78, 5) is 16.7. The van der Waals surface area contributed by atoms with Crippen LogP contribution in [-0.2, 0) is 6.54 Å². The number of benzene rings is 1. The number of nitrogens with zero attached hydrogens (tertiary/aromatic N) is 2. The summed E-state index contributed by atoms with van der Waals surface area (Å²) < 4.78 is 0.984. The molecule has 0 radical (unpaired) electrons. The molecular formula is C16H19BrN2OS. The molecule has 0 aliphatic heterocycles. The van der Waals surface area contributed by atoms with E-state index < -0.39 is 0 Å². The van der Waals surface area contributed by atoms with Gasteiger partial charge in [0.15, 0.2) is 0 Å². The molecule has 0 saturated heterocycles. The van der Waals surface area contributed by atoms with E-state index in [4.69, 9.17) is 0 Å². The summed E-state index contributed by atoms with van der Waals surface area (Å²) in [7, 11) is 4.04. The molecule has 0 aliphatic rings. The zero-order chi connectivity index (χ0) is 15.2. The molecule has 0 aliphatic carbocycles. The Morgan fingerprint density at radius 2 is 1.90 bits per heavy atom. The maximum Gasteiger partial charge on any atom is 0.255 e. The molecule has 0 fully saturated rings. The third-order valence-electron chi connectivity index (χ3n) is 3.14. The smallest absolute Gasteiger partial charge is 0.255 e. The highest BCUT2D eigenvalue weighted by atomic mass is 79.9. The van der Waals surface area contributed by atoms with Crippen molar-refractivity contribution in [2.75, 3.05) is 27.2 Å². The summed E-state index contributed by atoms with van der Waals surface area (Å²) >= 11 is 4.96. The van der Waals surface area contributed by atoms with E-state index >= 15 is 0 Å². The van der Waals surface area contributed by atoms with Gasteiger partial charge in [0, 0.05) is 25.0 Å². The van der Waals surface area contributed by atoms with Gasteiger partial charge in [-0.2, -0.15) is 0 Å². The molecule has 1 aromatic carbocycles. The van der Waals surface area contributed by atoms with E-state index in [1.54, 1.807) is 0 Å². The predicted molar refractivity (Wildman–Crippen MR) is 91.8 cm³/mol. The van der Waals surface area contributed by atoms with Crippen LogP contribution in [0.3, 0.4) is 0 Å². The molecule has 1 amide bonds. The van der Waals surface area contributed by atoms with Gasteiger partial charge in [0.05, 0.1) is 9.35 Å². The Hall–Kier alpha value is -1.17. The van der Waals surface area contributed by atoms with E-state index in [-0.39, 0.29) is 5.91 Å². The zero-order valence-electron chi connectivity index (χ0n) is 12.3. The molecule has 0 saturated carbocycles. The van der Waals surface area contributed by atoms with Gasteiger partial charge in [-0.15, -0.1) is 11.3 Å². The molecule has 21 heavy (non-hydrogen) atoms. The van der Waals surface area contributed by atoms with E-state index in [9.17, 15) is 4.79 Å². The standard InChI is InChI=1S/C16H19BrN2OS/c1-18(2)8-9-19(11-13-6-4-3-5-7-13)16(20)14-10-15(17)21-12-14/h3-7,10,12H,8-9,11H2,1-2H3. The molecule has 0 N–H and O–H groups in total. The van der Waals surface area contributed by atoms with E-state index in [1.165, 1.54) is 11.3 Å². The van der Waals surface area contributed by atoms with Crippen LogP contribution < -0.4 is 0 Å². The number of carbonyl (C=O) groups is 1. The van der Waals surface area contributed by atoms with Crippen molar-refractivity contribution in [2.24, 2.45) is 0 Å². The summed E-state index contributed by atoms with van der Waals surface area (Å²) in [6.45, 7) is 2.21. The highest BCUT2D eigenvalue weighted by Gasteiger charge is 2.17. The van der Waals surface area contributed by atoms with Crippen LogP contribution in [0.25, 0.3) is 0 Å². The van der Waals surface area contributed by atoms with Gasteiger partial charge in [0.25, 0.3) is 5.91 Å². The Balaban J connectivity index is 2.13. The monoisotopic (exact) mass is 366 g/mol. The van der Waals surface area contributed by atoms with Gasteiger partial charge in [0.1, 0.15) is 0 Å². The Kier molecular flexibility index (Phi) is 5.96. The maximum atomic E-state index is 12.7. The maximum absolute atomic E-state index is 12.7. The average molecular weight is 367 g/mol. The lowest BCUT2D eigenvalue weighted by Gasteiger charge is -2.24. The third kappa shape index (κ3) is 4.95. The van der Waals surface area contributed by atoms with Crippen LogP contribution in [-0.4, -0.2) is 42.9 Å². The number of thiophene rings is 1. The molecule has 3 nitrogen and oxygen atoms in total. The normalized spacial score (nSPS) is 10.9. The summed E-state index contributed by atoms with van der Waals surface area (Å²) in [5.74, 6) is 0.0858. The number of halogens is 1. The number of amides is 1. The number of rotatable bonds is 6. The minimum absolute atomic E-state index is 0.0858. The molecule has 5 heteroatoms. The molecule has 2 aromatic rings. The molecule has 0 atom stereocenters. The van der Waals surface area contributed by atoms with Crippen molar-refractivity contribution in [3.8, 4) is 0 Å². The van der Waals surface area contributed by atoms with Gasteiger partial charge in [-0.1, -0.05) is 30.3 Å². The van der Waals surface area contributed by atoms with E-state index in [1.807, 2.05) is 48.6 Å². The third-order valence-corrected chi connectivity index (χ3v) is 4.64. The van der Waals surface area contributed by atoms with Crippen LogP contribution >= 0.6 is 27.3 Å². The minimum atomic E-state index is 0.0858. The van der Waals surface area contributed by atoms with Gasteiger partial charge in [0.2, 0.25) is 0 Å². The van der Waals surface area contributed by atoms with Crippen molar-refractivity contribution in [2.45, 2.75) is 6.54 Å². The highest BCUT2D eigenvalue weighted by molar-refractivity contribution is 9.11. The van der Waals surface area contributed by atoms with E-state index in [0.29, 0.717) is 13.1 Å². The molecule has 1 aromatic heterocycles. The molecule has 2 rings (SSSR count). The fraction of sp³-hybridized carbons (Fsp3) is 0.312. The molecule has 0 spiro atoms. The summed E-state index contributed by atoms with van der Waals surface area (Å²) in [5.41, 5.74) is 1.90. The predicted octanol–water partition coefficient (Wildman–Crippen LogP) is 3.71. The minimum Gasteiger partial charge on any atom is -0.333 e. The van der Waals surface area contributed by atoms with Crippen LogP contribution in [0.4, 0.5) is 0 Å².